The number of guanidine groups is 1. The van der Waals surface area contributed by atoms with Gasteiger partial charge in [-0.3, -0.25) is 4.99 Å². The Hall–Kier alpha value is -2.83. The fourth-order valence-corrected chi connectivity index (χ4v) is 3.05. The van der Waals surface area contributed by atoms with Gasteiger partial charge in [0, 0.05) is 52.2 Å². The van der Waals surface area contributed by atoms with Gasteiger partial charge in [0.25, 0.3) is 0 Å². The number of piperazine rings is 1. The summed E-state index contributed by atoms with van der Waals surface area (Å²) in [6.45, 7) is 4.41. The highest BCUT2D eigenvalue weighted by molar-refractivity contribution is 5.80. The Morgan fingerprint density at radius 1 is 1.15 bits per heavy atom. The summed E-state index contributed by atoms with van der Waals surface area (Å²) in [4.78, 5) is 17.6. The second-order valence-electron chi connectivity index (χ2n) is 6.10. The molecule has 7 heteroatoms. The molecule has 0 atom stereocenters. The second-order valence-corrected chi connectivity index (χ2v) is 6.10. The molecule has 26 heavy (non-hydrogen) atoms. The van der Waals surface area contributed by atoms with Gasteiger partial charge in [-0.1, -0.05) is 12.1 Å². The molecule has 0 spiro atoms. The number of anilines is 1. The van der Waals surface area contributed by atoms with Gasteiger partial charge < -0.3 is 19.9 Å². The van der Waals surface area contributed by atoms with E-state index in [2.05, 4.69) is 42.2 Å². The number of methoxy groups -OCH3 is 1. The lowest BCUT2D eigenvalue weighted by molar-refractivity contribution is 0.370. The molecule has 1 aliphatic heterocycles. The lowest BCUT2D eigenvalue weighted by atomic mass is 10.1. The van der Waals surface area contributed by atoms with Crippen molar-refractivity contribution in [2.45, 2.75) is 6.42 Å². The molecule has 0 amide bonds. The average molecular weight is 354 g/mol. The van der Waals surface area contributed by atoms with E-state index in [4.69, 9.17) is 4.74 Å². The van der Waals surface area contributed by atoms with Crippen molar-refractivity contribution in [1.29, 1.82) is 0 Å². The van der Waals surface area contributed by atoms with Crippen LogP contribution < -0.4 is 15.0 Å². The number of rotatable bonds is 5. The molecule has 0 aliphatic carbocycles. The number of nitrogens with one attached hydrogen (secondary N) is 1. The van der Waals surface area contributed by atoms with Crippen LogP contribution in [-0.4, -0.2) is 67.7 Å². The van der Waals surface area contributed by atoms with Crippen LogP contribution in [0.5, 0.6) is 5.75 Å². The van der Waals surface area contributed by atoms with Crippen molar-refractivity contribution in [2.24, 2.45) is 4.99 Å². The van der Waals surface area contributed by atoms with Crippen molar-refractivity contribution in [3.8, 4) is 5.75 Å². The molecule has 0 unspecified atom stereocenters. The number of nitrogens with zero attached hydrogens (tertiary/aromatic N) is 5. The van der Waals surface area contributed by atoms with Crippen LogP contribution in [0.2, 0.25) is 0 Å². The summed E-state index contributed by atoms with van der Waals surface area (Å²) in [5.41, 5.74) is 1.25. The third-order valence-corrected chi connectivity index (χ3v) is 4.46. The Morgan fingerprint density at radius 3 is 2.62 bits per heavy atom. The van der Waals surface area contributed by atoms with E-state index in [-0.39, 0.29) is 0 Å². The van der Waals surface area contributed by atoms with Gasteiger partial charge in [0.15, 0.2) is 5.96 Å². The summed E-state index contributed by atoms with van der Waals surface area (Å²) < 4.78 is 5.28. The maximum Gasteiger partial charge on any atom is 0.225 e. The maximum atomic E-state index is 5.28. The van der Waals surface area contributed by atoms with Gasteiger partial charge in [-0.15, -0.1) is 0 Å². The first-order valence-corrected chi connectivity index (χ1v) is 8.90. The summed E-state index contributed by atoms with van der Waals surface area (Å²) in [5.74, 6) is 2.64. The van der Waals surface area contributed by atoms with Crippen LogP contribution in [0, 0.1) is 0 Å². The first-order valence-electron chi connectivity index (χ1n) is 8.90. The van der Waals surface area contributed by atoms with Crippen LogP contribution in [0.15, 0.2) is 47.7 Å². The zero-order chi connectivity index (χ0) is 18.2. The normalized spacial score (nSPS) is 15.1. The van der Waals surface area contributed by atoms with Gasteiger partial charge >= 0.3 is 0 Å². The molecule has 1 aromatic carbocycles. The number of aromatic nitrogens is 2. The predicted octanol–water partition coefficient (Wildman–Crippen LogP) is 1.43. The van der Waals surface area contributed by atoms with Crippen molar-refractivity contribution < 1.29 is 4.74 Å². The molecule has 2 heterocycles. The number of aliphatic imine (C=N–C) groups is 1. The molecule has 138 valence electrons. The minimum absolute atomic E-state index is 0.799. The highest BCUT2D eigenvalue weighted by atomic mass is 16.5. The van der Waals surface area contributed by atoms with Gasteiger partial charge in [0.1, 0.15) is 5.75 Å². The quantitative estimate of drug-likeness (QED) is 0.647. The first kappa shape index (κ1) is 18.0. The third kappa shape index (κ3) is 4.62. The number of hydrogen-bond donors (Lipinski definition) is 1. The molecule has 0 bridgehead atoms. The summed E-state index contributed by atoms with van der Waals surface area (Å²) in [7, 11) is 3.53. The molecule has 1 N–H and O–H groups in total. The number of ether oxygens (including phenoxy) is 1. The molecule has 1 fully saturated rings. The SMILES string of the molecule is CN=C(NCCc1cccc(OC)c1)N1CCN(c2ncccn2)CC1. The van der Waals surface area contributed by atoms with Crippen LogP contribution in [0.1, 0.15) is 5.56 Å². The van der Waals surface area contributed by atoms with E-state index in [1.807, 2.05) is 25.2 Å². The van der Waals surface area contributed by atoms with Crippen LogP contribution in [-0.2, 0) is 6.42 Å². The monoisotopic (exact) mass is 354 g/mol. The Balaban J connectivity index is 1.47. The summed E-state index contributed by atoms with van der Waals surface area (Å²) in [5, 5.41) is 3.47. The maximum absolute atomic E-state index is 5.28. The molecule has 1 aromatic heterocycles. The van der Waals surface area contributed by atoms with Crippen molar-refractivity contribution >= 4 is 11.9 Å². The summed E-state index contributed by atoms with van der Waals surface area (Å²) in [6, 6.07) is 10.0. The van der Waals surface area contributed by atoms with Crippen LogP contribution in [0.3, 0.4) is 0 Å². The number of benzene rings is 1. The predicted molar refractivity (Wildman–Crippen MR) is 104 cm³/mol. The van der Waals surface area contributed by atoms with Gasteiger partial charge in [0.2, 0.25) is 5.95 Å². The Morgan fingerprint density at radius 2 is 1.92 bits per heavy atom. The zero-order valence-corrected chi connectivity index (χ0v) is 15.4. The lowest BCUT2D eigenvalue weighted by Crippen LogP contribution is -2.53. The molecular formula is C19H26N6O. The zero-order valence-electron chi connectivity index (χ0n) is 15.4. The van der Waals surface area contributed by atoms with Gasteiger partial charge in [-0.2, -0.15) is 0 Å². The minimum Gasteiger partial charge on any atom is -0.497 e. The van der Waals surface area contributed by atoms with Crippen molar-refractivity contribution in [3.63, 3.8) is 0 Å². The van der Waals surface area contributed by atoms with Crippen LogP contribution in [0.4, 0.5) is 5.95 Å². The molecule has 1 saturated heterocycles. The van der Waals surface area contributed by atoms with E-state index in [1.54, 1.807) is 19.5 Å². The highest BCUT2D eigenvalue weighted by Gasteiger charge is 2.20. The summed E-state index contributed by atoms with van der Waals surface area (Å²) >= 11 is 0. The van der Waals surface area contributed by atoms with E-state index in [9.17, 15) is 0 Å². The molecule has 0 saturated carbocycles. The topological polar surface area (TPSA) is 65.9 Å². The Labute approximate surface area is 154 Å². The van der Waals surface area contributed by atoms with Gasteiger partial charge in [0.05, 0.1) is 7.11 Å². The third-order valence-electron chi connectivity index (χ3n) is 4.46. The number of hydrogen-bond acceptors (Lipinski definition) is 5. The van der Waals surface area contributed by atoms with Gasteiger partial charge in [-0.05, 0) is 30.2 Å². The fraction of sp³-hybridized carbons (Fsp3) is 0.421. The lowest BCUT2D eigenvalue weighted by Gasteiger charge is -2.36. The Bertz CT molecular complexity index is 713. The van der Waals surface area contributed by atoms with Gasteiger partial charge in [-0.25, -0.2) is 9.97 Å². The Kier molecular flexibility index (Phi) is 6.24. The molecule has 1 aliphatic rings. The first-order chi connectivity index (χ1) is 12.8. The van der Waals surface area contributed by atoms with E-state index in [0.29, 0.717) is 0 Å². The van der Waals surface area contributed by atoms with E-state index in [0.717, 1.165) is 56.8 Å². The smallest absolute Gasteiger partial charge is 0.225 e. The van der Waals surface area contributed by atoms with Crippen molar-refractivity contribution in [1.82, 2.24) is 20.2 Å². The minimum atomic E-state index is 0.799. The fourth-order valence-electron chi connectivity index (χ4n) is 3.05. The molecule has 0 radical (unpaired) electrons. The summed E-state index contributed by atoms with van der Waals surface area (Å²) in [6.07, 6.45) is 4.50. The molecule has 2 aromatic rings. The molecule has 7 nitrogen and oxygen atoms in total. The van der Waals surface area contributed by atoms with E-state index >= 15 is 0 Å². The largest absolute Gasteiger partial charge is 0.497 e. The van der Waals surface area contributed by atoms with Crippen molar-refractivity contribution in [2.75, 3.05) is 51.8 Å². The average Bonchev–Trinajstić information content (AvgIpc) is 2.72. The standard InChI is InChI=1S/C19H26N6O/c1-20-18(23-10-7-16-5-3-6-17(15-16)26-2)24-11-13-25(14-12-24)19-21-8-4-9-22-19/h3-6,8-9,15H,7,10-14H2,1-2H3,(H,20,23). The van der Waals surface area contributed by atoms with Crippen LogP contribution >= 0.6 is 0 Å². The second kappa shape index (κ2) is 9.03. The molecular weight excluding hydrogens is 328 g/mol. The van der Waals surface area contributed by atoms with E-state index < -0.39 is 0 Å². The van der Waals surface area contributed by atoms with Crippen molar-refractivity contribution in [3.05, 3.63) is 48.3 Å². The molecule has 3 rings (SSSR count). The van der Waals surface area contributed by atoms with Crippen LogP contribution in [0.25, 0.3) is 0 Å². The van der Waals surface area contributed by atoms with E-state index in [1.165, 1.54) is 5.56 Å². The highest BCUT2D eigenvalue weighted by Crippen LogP contribution is 2.13.